The molecular weight excluding hydrogens is 249 g/mol. The van der Waals surface area contributed by atoms with Crippen LogP contribution in [0.25, 0.3) is 0 Å². The Morgan fingerprint density at radius 1 is 1.21 bits per heavy atom. The number of halogens is 1. The van der Waals surface area contributed by atoms with Gasteiger partial charge in [-0.15, -0.1) is 0 Å². The third-order valence-electron chi connectivity index (χ3n) is 2.60. The first-order valence-corrected chi connectivity index (χ1v) is 5.54. The molecule has 0 aliphatic rings. The summed E-state index contributed by atoms with van der Waals surface area (Å²) in [4.78, 5) is 11.0. The summed E-state index contributed by atoms with van der Waals surface area (Å²) in [7, 11) is 1.55. The predicted molar refractivity (Wildman–Crippen MR) is 69.6 cm³/mol. The summed E-state index contributed by atoms with van der Waals surface area (Å²) in [5.74, 6) is -1.40. The third kappa shape index (κ3) is 2.82. The first kappa shape index (κ1) is 12.9. The lowest BCUT2D eigenvalue weighted by Crippen LogP contribution is -2.05. The van der Waals surface area contributed by atoms with Crippen LogP contribution >= 0.6 is 0 Å². The number of nitrogens with one attached hydrogen (secondary N) is 1. The lowest BCUT2D eigenvalue weighted by Gasteiger charge is -2.10. The molecule has 0 aliphatic carbocycles. The average Bonchev–Trinajstić information content (AvgIpc) is 2.39. The van der Waals surface area contributed by atoms with Gasteiger partial charge in [0.25, 0.3) is 0 Å². The van der Waals surface area contributed by atoms with Gasteiger partial charge in [-0.25, -0.2) is 9.18 Å². The van der Waals surface area contributed by atoms with Gasteiger partial charge in [-0.3, -0.25) is 0 Å². The highest BCUT2D eigenvalue weighted by molar-refractivity contribution is 5.95. The minimum absolute atomic E-state index is 0.206. The number of carbonyl (C=O) groups is 1. The van der Waals surface area contributed by atoms with Crippen molar-refractivity contribution >= 4 is 17.3 Å². The minimum Gasteiger partial charge on any atom is -0.497 e. The molecule has 0 amide bonds. The van der Waals surface area contributed by atoms with Crippen LogP contribution in [0.4, 0.5) is 15.8 Å². The zero-order valence-electron chi connectivity index (χ0n) is 10.2. The predicted octanol–water partition coefficient (Wildman–Crippen LogP) is 3.28. The summed E-state index contributed by atoms with van der Waals surface area (Å²) in [6.45, 7) is 0. The van der Waals surface area contributed by atoms with Gasteiger partial charge in [0.05, 0.1) is 12.8 Å². The third-order valence-corrected chi connectivity index (χ3v) is 2.60. The number of benzene rings is 2. The van der Waals surface area contributed by atoms with E-state index in [1.54, 1.807) is 31.4 Å². The van der Waals surface area contributed by atoms with Crippen LogP contribution in [-0.4, -0.2) is 18.2 Å². The van der Waals surface area contributed by atoms with Crippen LogP contribution in [-0.2, 0) is 0 Å². The van der Waals surface area contributed by atoms with Crippen molar-refractivity contribution in [2.24, 2.45) is 0 Å². The van der Waals surface area contributed by atoms with Crippen LogP contribution in [0.5, 0.6) is 5.75 Å². The maximum absolute atomic E-state index is 13.5. The van der Waals surface area contributed by atoms with Gasteiger partial charge in [0, 0.05) is 5.69 Å². The Balaban J connectivity index is 2.32. The number of methoxy groups -OCH3 is 1. The molecule has 0 spiro atoms. The minimum atomic E-state index is -1.31. The van der Waals surface area contributed by atoms with Crippen LogP contribution in [0.1, 0.15) is 10.4 Å². The maximum atomic E-state index is 13.5. The Kier molecular flexibility index (Phi) is 3.66. The van der Waals surface area contributed by atoms with Gasteiger partial charge >= 0.3 is 5.97 Å². The van der Waals surface area contributed by atoms with Crippen LogP contribution in [0.2, 0.25) is 0 Å². The molecule has 5 heteroatoms. The molecule has 0 radical (unpaired) electrons. The number of hydrogen-bond donors (Lipinski definition) is 2. The fourth-order valence-electron chi connectivity index (χ4n) is 1.68. The van der Waals surface area contributed by atoms with Gasteiger partial charge in [-0.2, -0.15) is 0 Å². The lowest BCUT2D eigenvalue weighted by atomic mass is 10.1. The summed E-state index contributed by atoms with van der Waals surface area (Å²) in [6, 6.07) is 11.0. The van der Waals surface area contributed by atoms with Crippen LogP contribution < -0.4 is 10.1 Å². The summed E-state index contributed by atoms with van der Waals surface area (Å²) < 4.78 is 18.5. The summed E-state index contributed by atoms with van der Waals surface area (Å²) in [5, 5.41) is 11.9. The van der Waals surface area contributed by atoms with E-state index in [1.807, 2.05) is 0 Å². The number of carboxylic acids is 1. The highest BCUT2D eigenvalue weighted by atomic mass is 19.1. The van der Waals surface area contributed by atoms with Gasteiger partial charge in [0.15, 0.2) is 0 Å². The van der Waals surface area contributed by atoms with Crippen molar-refractivity contribution in [3.8, 4) is 5.75 Å². The Hall–Kier alpha value is -2.56. The smallest absolute Gasteiger partial charge is 0.340 e. The largest absolute Gasteiger partial charge is 0.497 e. The van der Waals surface area contributed by atoms with Crippen molar-refractivity contribution in [1.29, 1.82) is 0 Å². The van der Waals surface area contributed by atoms with E-state index in [-0.39, 0.29) is 11.3 Å². The molecule has 0 saturated carbocycles. The van der Waals surface area contributed by atoms with Gasteiger partial charge in [-0.1, -0.05) is 6.07 Å². The number of carboxylic acid groups (broad SMARTS) is 1. The molecule has 0 bridgehead atoms. The van der Waals surface area contributed by atoms with Crippen molar-refractivity contribution in [2.45, 2.75) is 0 Å². The van der Waals surface area contributed by atoms with E-state index in [1.165, 1.54) is 12.1 Å². The van der Waals surface area contributed by atoms with E-state index in [0.29, 0.717) is 11.4 Å². The molecule has 0 atom stereocenters. The van der Waals surface area contributed by atoms with Crippen molar-refractivity contribution in [2.75, 3.05) is 12.4 Å². The second-order valence-corrected chi connectivity index (χ2v) is 3.82. The molecule has 0 heterocycles. The molecule has 2 aromatic carbocycles. The van der Waals surface area contributed by atoms with Gasteiger partial charge < -0.3 is 15.2 Å². The van der Waals surface area contributed by atoms with Gasteiger partial charge in [0.1, 0.15) is 17.1 Å². The van der Waals surface area contributed by atoms with Crippen LogP contribution in [0.15, 0.2) is 42.5 Å². The molecule has 2 aromatic rings. The highest BCUT2D eigenvalue weighted by Gasteiger charge is 2.15. The Morgan fingerprint density at radius 2 is 1.89 bits per heavy atom. The van der Waals surface area contributed by atoms with Crippen LogP contribution in [0, 0.1) is 5.82 Å². The normalized spacial score (nSPS) is 10.0. The van der Waals surface area contributed by atoms with Crippen molar-refractivity contribution in [3.05, 3.63) is 53.8 Å². The number of ether oxygens (including phenoxy) is 1. The van der Waals surface area contributed by atoms with Gasteiger partial charge in [-0.05, 0) is 36.4 Å². The van der Waals surface area contributed by atoms with Crippen LogP contribution in [0.3, 0.4) is 0 Å². The van der Waals surface area contributed by atoms with Crippen molar-refractivity contribution in [3.63, 3.8) is 0 Å². The zero-order chi connectivity index (χ0) is 13.8. The fraction of sp³-hybridized carbons (Fsp3) is 0.0714. The monoisotopic (exact) mass is 261 g/mol. The Bertz CT molecular complexity index is 596. The van der Waals surface area contributed by atoms with E-state index in [4.69, 9.17) is 9.84 Å². The second-order valence-electron chi connectivity index (χ2n) is 3.82. The molecule has 19 heavy (non-hydrogen) atoms. The van der Waals surface area contributed by atoms with E-state index >= 15 is 0 Å². The molecule has 0 fully saturated rings. The van der Waals surface area contributed by atoms with E-state index in [0.717, 1.165) is 6.07 Å². The lowest BCUT2D eigenvalue weighted by molar-refractivity contribution is 0.0693. The molecule has 0 unspecified atom stereocenters. The quantitative estimate of drug-likeness (QED) is 0.886. The molecule has 0 aromatic heterocycles. The molecule has 2 rings (SSSR count). The van der Waals surface area contributed by atoms with E-state index in [2.05, 4.69) is 5.32 Å². The maximum Gasteiger partial charge on any atom is 0.340 e. The van der Waals surface area contributed by atoms with Crippen molar-refractivity contribution in [1.82, 2.24) is 0 Å². The average molecular weight is 261 g/mol. The highest BCUT2D eigenvalue weighted by Crippen LogP contribution is 2.24. The zero-order valence-corrected chi connectivity index (χ0v) is 10.2. The first-order valence-electron chi connectivity index (χ1n) is 5.54. The summed E-state index contributed by atoms with van der Waals surface area (Å²) >= 11 is 0. The van der Waals surface area contributed by atoms with Crippen molar-refractivity contribution < 1.29 is 19.0 Å². The SMILES string of the molecule is COc1ccc(Nc2cccc(F)c2C(=O)O)cc1. The standard InChI is InChI=1S/C14H12FNO3/c1-19-10-7-5-9(6-8-10)16-12-4-2-3-11(15)13(12)14(17)18/h2-8,16H,1H3,(H,17,18). The summed E-state index contributed by atoms with van der Waals surface area (Å²) in [6.07, 6.45) is 0. The second kappa shape index (κ2) is 5.39. The molecule has 98 valence electrons. The number of anilines is 2. The van der Waals surface area contributed by atoms with E-state index in [9.17, 15) is 9.18 Å². The molecule has 4 nitrogen and oxygen atoms in total. The summed E-state index contributed by atoms with van der Waals surface area (Å²) in [5.41, 5.74) is 0.477. The molecular formula is C14H12FNO3. The molecule has 0 saturated heterocycles. The fourth-order valence-corrected chi connectivity index (χ4v) is 1.68. The Labute approximate surface area is 109 Å². The number of rotatable bonds is 4. The molecule has 2 N–H and O–H groups in total. The van der Waals surface area contributed by atoms with Gasteiger partial charge in [0.2, 0.25) is 0 Å². The van der Waals surface area contributed by atoms with E-state index < -0.39 is 11.8 Å². The number of aromatic carboxylic acids is 1. The number of hydrogen-bond acceptors (Lipinski definition) is 3. The topological polar surface area (TPSA) is 58.6 Å². The Morgan fingerprint density at radius 3 is 2.47 bits per heavy atom. The molecule has 0 aliphatic heterocycles. The first-order chi connectivity index (χ1) is 9.11.